The topological polar surface area (TPSA) is 56.1 Å². The van der Waals surface area contributed by atoms with Gasteiger partial charge >= 0.3 is 0 Å². The number of amides is 1. The van der Waals surface area contributed by atoms with Crippen LogP contribution >= 0.6 is 11.6 Å². The van der Waals surface area contributed by atoms with Gasteiger partial charge in [-0.05, 0) is 38.3 Å². The van der Waals surface area contributed by atoms with Gasteiger partial charge in [-0.15, -0.1) is 0 Å². The molecule has 0 saturated heterocycles. The highest BCUT2D eigenvalue weighted by Crippen LogP contribution is 2.31. The molecule has 0 spiro atoms. The quantitative estimate of drug-likeness (QED) is 0.832. The van der Waals surface area contributed by atoms with E-state index in [2.05, 4.69) is 24.3 Å². The summed E-state index contributed by atoms with van der Waals surface area (Å²) in [4.78, 5) is 12.5. The minimum absolute atomic E-state index is 0.102. The zero-order chi connectivity index (χ0) is 18.7. The van der Waals surface area contributed by atoms with Gasteiger partial charge in [0.1, 0.15) is 5.75 Å². The molecule has 1 amide bonds. The first-order valence-corrected chi connectivity index (χ1v) is 8.77. The molecule has 6 heteroatoms. The Morgan fingerprint density at radius 3 is 2.60 bits per heavy atom. The molecule has 0 bridgehead atoms. The molecule has 1 aromatic heterocycles. The Morgan fingerprint density at radius 2 is 2.00 bits per heavy atom. The Hall–Kier alpha value is -2.01. The number of aryl methyl sites for hydroxylation is 2. The van der Waals surface area contributed by atoms with Gasteiger partial charge < -0.3 is 10.1 Å². The lowest BCUT2D eigenvalue weighted by molar-refractivity contribution is -0.115. The zero-order valence-electron chi connectivity index (χ0n) is 15.7. The van der Waals surface area contributed by atoms with Gasteiger partial charge in [0.05, 0.1) is 24.9 Å². The van der Waals surface area contributed by atoms with Crippen LogP contribution in [0.5, 0.6) is 5.75 Å². The van der Waals surface area contributed by atoms with Gasteiger partial charge in [0.25, 0.3) is 0 Å². The lowest BCUT2D eigenvalue weighted by atomic mass is 10.1. The van der Waals surface area contributed by atoms with E-state index in [-0.39, 0.29) is 12.3 Å². The summed E-state index contributed by atoms with van der Waals surface area (Å²) in [6.07, 6.45) is 0.278. The normalized spacial score (nSPS) is 11.0. The number of hydrogen-bond donors (Lipinski definition) is 1. The number of aromatic nitrogens is 2. The highest BCUT2D eigenvalue weighted by Gasteiger charge is 2.17. The standard InChI is InChI=1S/C19H26ClN3O2/c1-11(2)10-23-14(5)15(13(4)22-23)8-19(24)21-17-7-12(3)16(20)9-18(17)25-6/h7,9,11H,8,10H2,1-6H3,(H,21,24). The minimum atomic E-state index is -0.102. The fourth-order valence-corrected chi connectivity index (χ4v) is 2.95. The van der Waals surface area contributed by atoms with E-state index in [1.807, 2.05) is 31.5 Å². The highest BCUT2D eigenvalue weighted by atomic mass is 35.5. The first kappa shape index (κ1) is 19.3. The predicted molar refractivity (Wildman–Crippen MR) is 102 cm³/mol. The molecule has 1 aromatic carbocycles. The third-order valence-electron chi connectivity index (χ3n) is 4.16. The van der Waals surface area contributed by atoms with E-state index >= 15 is 0 Å². The molecule has 0 atom stereocenters. The molecule has 0 aliphatic heterocycles. The number of carbonyl (C=O) groups is 1. The van der Waals surface area contributed by atoms with Crippen LogP contribution in [0.3, 0.4) is 0 Å². The van der Waals surface area contributed by atoms with Crippen molar-refractivity contribution >= 4 is 23.2 Å². The molecule has 1 heterocycles. The molecular formula is C19H26ClN3O2. The molecule has 0 radical (unpaired) electrons. The molecule has 25 heavy (non-hydrogen) atoms. The van der Waals surface area contributed by atoms with Gasteiger partial charge in [-0.1, -0.05) is 25.4 Å². The van der Waals surface area contributed by atoms with Crippen molar-refractivity contribution in [2.75, 3.05) is 12.4 Å². The van der Waals surface area contributed by atoms with E-state index in [1.165, 1.54) is 0 Å². The largest absolute Gasteiger partial charge is 0.495 e. The van der Waals surface area contributed by atoms with Crippen LogP contribution in [0.25, 0.3) is 0 Å². The average molecular weight is 364 g/mol. The van der Waals surface area contributed by atoms with E-state index in [0.717, 1.165) is 29.1 Å². The van der Waals surface area contributed by atoms with Crippen LogP contribution in [0.4, 0.5) is 5.69 Å². The maximum atomic E-state index is 12.5. The summed E-state index contributed by atoms with van der Waals surface area (Å²) >= 11 is 6.11. The lowest BCUT2D eigenvalue weighted by Crippen LogP contribution is -2.16. The molecule has 0 unspecified atom stereocenters. The van der Waals surface area contributed by atoms with Gasteiger partial charge in [0.15, 0.2) is 0 Å². The van der Waals surface area contributed by atoms with E-state index in [9.17, 15) is 4.79 Å². The Balaban J connectivity index is 2.19. The third-order valence-corrected chi connectivity index (χ3v) is 4.57. The van der Waals surface area contributed by atoms with Crippen LogP contribution in [0.2, 0.25) is 5.02 Å². The summed E-state index contributed by atoms with van der Waals surface area (Å²) in [5.74, 6) is 0.948. The molecule has 5 nitrogen and oxygen atoms in total. The van der Waals surface area contributed by atoms with Crippen molar-refractivity contribution in [3.63, 3.8) is 0 Å². The summed E-state index contributed by atoms with van der Waals surface area (Å²) in [5, 5.41) is 8.10. The van der Waals surface area contributed by atoms with E-state index in [4.69, 9.17) is 16.3 Å². The summed E-state index contributed by atoms with van der Waals surface area (Å²) < 4.78 is 7.29. The van der Waals surface area contributed by atoms with Gasteiger partial charge in [-0.3, -0.25) is 9.48 Å². The molecular weight excluding hydrogens is 338 g/mol. The van der Waals surface area contributed by atoms with Crippen molar-refractivity contribution < 1.29 is 9.53 Å². The second kappa shape index (κ2) is 7.91. The smallest absolute Gasteiger partial charge is 0.229 e. The number of ether oxygens (including phenoxy) is 1. The minimum Gasteiger partial charge on any atom is -0.495 e. The number of methoxy groups -OCH3 is 1. The fraction of sp³-hybridized carbons (Fsp3) is 0.474. The van der Waals surface area contributed by atoms with Crippen molar-refractivity contribution in [2.24, 2.45) is 5.92 Å². The van der Waals surface area contributed by atoms with Crippen LogP contribution in [0.15, 0.2) is 12.1 Å². The second-order valence-corrected chi connectivity index (χ2v) is 7.16. The summed E-state index contributed by atoms with van der Waals surface area (Å²) in [6.45, 7) is 11.0. The van der Waals surface area contributed by atoms with E-state index < -0.39 is 0 Å². The van der Waals surface area contributed by atoms with Crippen molar-refractivity contribution in [1.82, 2.24) is 9.78 Å². The Bertz CT molecular complexity index is 781. The van der Waals surface area contributed by atoms with Crippen molar-refractivity contribution in [3.8, 4) is 5.75 Å². The SMILES string of the molecule is COc1cc(Cl)c(C)cc1NC(=O)Cc1c(C)nn(CC(C)C)c1C. The Labute approximate surface area is 154 Å². The van der Waals surface area contributed by atoms with E-state index in [0.29, 0.717) is 22.4 Å². The predicted octanol–water partition coefficient (Wildman–Crippen LogP) is 4.31. The monoisotopic (exact) mass is 363 g/mol. The second-order valence-electron chi connectivity index (χ2n) is 6.75. The lowest BCUT2D eigenvalue weighted by Gasteiger charge is -2.12. The van der Waals surface area contributed by atoms with Crippen molar-refractivity contribution in [2.45, 2.75) is 47.6 Å². The Kier molecular flexibility index (Phi) is 6.11. The number of anilines is 1. The number of halogens is 1. The maximum Gasteiger partial charge on any atom is 0.229 e. The molecule has 0 saturated carbocycles. The maximum absolute atomic E-state index is 12.5. The fourth-order valence-electron chi connectivity index (χ4n) is 2.80. The summed E-state index contributed by atoms with van der Waals surface area (Å²) in [7, 11) is 1.56. The van der Waals surface area contributed by atoms with Crippen LogP contribution < -0.4 is 10.1 Å². The third kappa shape index (κ3) is 4.54. The van der Waals surface area contributed by atoms with Crippen molar-refractivity contribution in [1.29, 1.82) is 0 Å². The van der Waals surface area contributed by atoms with Gasteiger partial charge in [-0.25, -0.2) is 0 Å². The number of carbonyl (C=O) groups excluding carboxylic acids is 1. The number of rotatable bonds is 6. The summed E-state index contributed by atoms with van der Waals surface area (Å²) in [5.41, 5.74) is 4.42. The molecule has 136 valence electrons. The highest BCUT2D eigenvalue weighted by molar-refractivity contribution is 6.31. The average Bonchev–Trinajstić information content (AvgIpc) is 2.77. The molecule has 2 rings (SSSR count). The molecule has 0 aliphatic rings. The van der Waals surface area contributed by atoms with Crippen LogP contribution in [-0.2, 0) is 17.8 Å². The number of benzene rings is 1. The molecule has 2 aromatic rings. The Morgan fingerprint density at radius 1 is 1.32 bits per heavy atom. The molecule has 0 fully saturated rings. The molecule has 1 N–H and O–H groups in total. The van der Waals surface area contributed by atoms with Crippen LogP contribution in [-0.4, -0.2) is 22.8 Å². The first-order valence-electron chi connectivity index (χ1n) is 8.39. The van der Waals surface area contributed by atoms with Gasteiger partial charge in [0, 0.05) is 28.9 Å². The number of hydrogen-bond acceptors (Lipinski definition) is 3. The van der Waals surface area contributed by atoms with Gasteiger partial charge in [-0.2, -0.15) is 5.10 Å². The van der Waals surface area contributed by atoms with Crippen LogP contribution in [0.1, 0.15) is 36.4 Å². The number of nitrogens with zero attached hydrogens (tertiary/aromatic N) is 2. The number of nitrogens with one attached hydrogen (secondary N) is 1. The zero-order valence-corrected chi connectivity index (χ0v) is 16.5. The van der Waals surface area contributed by atoms with E-state index in [1.54, 1.807) is 13.2 Å². The van der Waals surface area contributed by atoms with Crippen molar-refractivity contribution in [3.05, 3.63) is 39.7 Å². The molecule has 0 aliphatic carbocycles. The van der Waals surface area contributed by atoms with Crippen LogP contribution in [0, 0.1) is 26.7 Å². The first-order chi connectivity index (χ1) is 11.7. The van der Waals surface area contributed by atoms with Gasteiger partial charge in [0.2, 0.25) is 5.91 Å². The summed E-state index contributed by atoms with van der Waals surface area (Å²) in [6, 6.07) is 3.53.